The summed E-state index contributed by atoms with van der Waals surface area (Å²) in [5, 5.41) is 5.61. The third-order valence-electron chi connectivity index (χ3n) is 6.54. The Bertz CT molecular complexity index is 1370. The van der Waals surface area contributed by atoms with Crippen molar-refractivity contribution < 1.29 is 23.9 Å². The van der Waals surface area contributed by atoms with Crippen molar-refractivity contribution in [2.24, 2.45) is 0 Å². The zero-order valence-electron chi connectivity index (χ0n) is 21.2. The minimum absolute atomic E-state index is 0.0838. The Labute approximate surface area is 215 Å². The lowest BCUT2D eigenvalue weighted by molar-refractivity contribution is -0.135. The number of hydrogen-bond donors (Lipinski definition) is 2. The van der Waals surface area contributed by atoms with Crippen LogP contribution >= 0.6 is 0 Å². The van der Waals surface area contributed by atoms with Crippen molar-refractivity contribution in [1.82, 2.24) is 4.90 Å². The third kappa shape index (κ3) is 4.78. The number of carbonyl (C=O) groups is 3. The zero-order valence-corrected chi connectivity index (χ0v) is 21.2. The lowest BCUT2D eigenvalue weighted by Gasteiger charge is -2.35. The number of Topliss-reactive ketones (excluding diaryl/α,β-unsaturated/α-hetero) is 1. The molecule has 0 spiro atoms. The Morgan fingerprint density at radius 3 is 1.89 bits per heavy atom. The molecule has 37 heavy (non-hydrogen) atoms. The van der Waals surface area contributed by atoms with Crippen LogP contribution in [0.25, 0.3) is 0 Å². The van der Waals surface area contributed by atoms with E-state index in [9.17, 15) is 14.4 Å². The Balaban J connectivity index is 1.73. The Hall–Kier alpha value is -4.59. The number of methoxy groups -OCH3 is 2. The quantitative estimate of drug-likeness (QED) is 0.352. The molecule has 0 saturated carbocycles. The summed E-state index contributed by atoms with van der Waals surface area (Å²) in [6, 6.07) is 23.3. The Morgan fingerprint density at radius 2 is 1.32 bits per heavy atom. The van der Waals surface area contributed by atoms with E-state index in [4.69, 9.17) is 9.47 Å². The molecule has 0 saturated heterocycles. The van der Waals surface area contributed by atoms with Crippen molar-refractivity contribution >= 4 is 29.0 Å². The number of allylic oxidation sites excluding steroid dienone is 1. The fourth-order valence-electron chi connectivity index (χ4n) is 4.46. The van der Waals surface area contributed by atoms with E-state index < -0.39 is 23.1 Å². The predicted molar refractivity (Wildman–Crippen MR) is 141 cm³/mol. The summed E-state index contributed by atoms with van der Waals surface area (Å²) in [6.45, 7) is 3.47. The number of ether oxygens (including phenoxy) is 2. The largest absolute Gasteiger partial charge is 0.495 e. The van der Waals surface area contributed by atoms with Gasteiger partial charge in [-0.3, -0.25) is 14.4 Å². The van der Waals surface area contributed by atoms with Gasteiger partial charge < -0.3 is 25.0 Å². The summed E-state index contributed by atoms with van der Waals surface area (Å²) in [5.74, 6) is -0.868. The van der Waals surface area contributed by atoms with Crippen LogP contribution in [0.5, 0.6) is 11.5 Å². The number of ketones is 1. The summed E-state index contributed by atoms with van der Waals surface area (Å²) < 4.78 is 10.7. The van der Waals surface area contributed by atoms with E-state index in [0.717, 1.165) is 5.56 Å². The normalized spacial score (nSPS) is 17.0. The minimum Gasteiger partial charge on any atom is -0.495 e. The molecule has 1 aliphatic rings. The maximum absolute atomic E-state index is 13.9. The lowest BCUT2D eigenvalue weighted by atomic mass is 9.91. The van der Waals surface area contributed by atoms with Crippen molar-refractivity contribution in [2.75, 3.05) is 24.9 Å². The van der Waals surface area contributed by atoms with Gasteiger partial charge in [0.2, 0.25) is 5.78 Å². The van der Waals surface area contributed by atoms with Gasteiger partial charge in [0, 0.05) is 12.2 Å². The van der Waals surface area contributed by atoms with Gasteiger partial charge in [-0.2, -0.15) is 0 Å². The van der Waals surface area contributed by atoms with Gasteiger partial charge in [0.15, 0.2) is 5.54 Å². The van der Waals surface area contributed by atoms with E-state index in [1.165, 1.54) is 21.1 Å². The zero-order chi connectivity index (χ0) is 26.6. The molecule has 8 nitrogen and oxygen atoms in total. The SMILES string of the molecule is COc1ccccc1NC(=O)C1=C(C)N(Cc2ccccc2)C(C)(C(=O)Nc2ccccc2OC)C1=O. The van der Waals surface area contributed by atoms with Crippen molar-refractivity contribution in [3.8, 4) is 11.5 Å². The maximum atomic E-state index is 13.9. The number of hydrogen-bond acceptors (Lipinski definition) is 6. The highest BCUT2D eigenvalue weighted by molar-refractivity contribution is 6.34. The smallest absolute Gasteiger partial charge is 0.261 e. The molecule has 1 aliphatic heterocycles. The van der Waals surface area contributed by atoms with E-state index in [1.54, 1.807) is 60.4 Å². The number of amides is 2. The van der Waals surface area contributed by atoms with Crippen molar-refractivity contribution in [3.63, 3.8) is 0 Å². The molecular formula is C29H29N3O5. The molecule has 2 N–H and O–H groups in total. The highest BCUT2D eigenvalue weighted by Gasteiger charge is 2.55. The molecule has 3 aromatic carbocycles. The first kappa shape index (κ1) is 25.5. The molecule has 0 fully saturated rings. The second kappa shape index (κ2) is 10.6. The maximum Gasteiger partial charge on any atom is 0.261 e. The predicted octanol–water partition coefficient (Wildman–Crippen LogP) is 4.40. The number of nitrogens with one attached hydrogen (secondary N) is 2. The van der Waals surface area contributed by atoms with Gasteiger partial charge in [-0.25, -0.2) is 0 Å². The number of nitrogens with zero attached hydrogens (tertiary/aromatic N) is 1. The molecule has 8 heteroatoms. The molecule has 2 amide bonds. The van der Waals surface area contributed by atoms with Gasteiger partial charge in [-0.15, -0.1) is 0 Å². The topological polar surface area (TPSA) is 97.0 Å². The molecule has 190 valence electrons. The van der Waals surface area contributed by atoms with Gasteiger partial charge in [-0.1, -0.05) is 54.6 Å². The molecule has 0 bridgehead atoms. The summed E-state index contributed by atoms with van der Waals surface area (Å²) in [4.78, 5) is 42.8. The van der Waals surface area contributed by atoms with E-state index in [-0.39, 0.29) is 12.1 Å². The van der Waals surface area contributed by atoms with Crippen LogP contribution in [0.2, 0.25) is 0 Å². The first-order chi connectivity index (χ1) is 17.8. The summed E-state index contributed by atoms with van der Waals surface area (Å²) in [5.41, 5.74) is 0.364. The van der Waals surface area contributed by atoms with Gasteiger partial charge in [0.05, 0.1) is 25.6 Å². The molecule has 1 atom stereocenters. The monoisotopic (exact) mass is 499 g/mol. The van der Waals surface area contributed by atoms with Gasteiger partial charge in [0.25, 0.3) is 11.8 Å². The standard InChI is InChI=1S/C29H29N3O5/c1-19-25(27(34)30-21-14-8-10-16-23(21)36-3)26(33)29(2,32(19)18-20-12-6-5-7-13-20)28(35)31-22-15-9-11-17-24(22)37-4/h5-17H,18H2,1-4H3,(H,30,34)(H,31,35). The highest BCUT2D eigenvalue weighted by Crippen LogP contribution is 2.38. The highest BCUT2D eigenvalue weighted by atomic mass is 16.5. The van der Waals surface area contributed by atoms with Gasteiger partial charge in [0.1, 0.15) is 17.1 Å². The third-order valence-corrected chi connectivity index (χ3v) is 6.54. The van der Waals surface area contributed by atoms with Gasteiger partial charge in [-0.05, 0) is 43.7 Å². The fourth-order valence-corrected chi connectivity index (χ4v) is 4.46. The molecule has 1 heterocycles. The number of para-hydroxylation sites is 4. The van der Waals surface area contributed by atoms with Crippen LogP contribution in [0.4, 0.5) is 11.4 Å². The molecule has 1 unspecified atom stereocenters. The van der Waals surface area contributed by atoms with Crippen molar-refractivity contribution in [3.05, 3.63) is 95.7 Å². The molecular weight excluding hydrogens is 470 g/mol. The number of carbonyl (C=O) groups excluding carboxylic acids is 3. The van der Waals surface area contributed by atoms with Gasteiger partial charge >= 0.3 is 0 Å². The van der Waals surface area contributed by atoms with Crippen LogP contribution in [0.3, 0.4) is 0 Å². The van der Waals surface area contributed by atoms with Crippen LogP contribution in [-0.2, 0) is 20.9 Å². The van der Waals surface area contributed by atoms with E-state index >= 15 is 0 Å². The van der Waals surface area contributed by atoms with Crippen LogP contribution in [0.15, 0.2) is 90.1 Å². The van der Waals surface area contributed by atoms with Crippen LogP contribution in [0, 0.1) is 0 Å². The van der Waals surface area contributed by atoms with E-state index in [0.29, 0.717) is 28.6 Å². The first-order valence-electron chi connectivity index (χ1n) is 11.8. The second-order valence-electron chi connectivity index (χ2n) is 8.74. The molecule has 3 aromatic rings. The molecule has 0 aromatic heterocycles. The second-order valence-corrected chi connectivity index (χ2v) is 8.74. The molecule has 0 radical (unpaired) electrons. The summed E-state index contributed by atoms with van der Waals surface area (Å²) in [7, 11) is 3.00. The van der Waals surface area contributed by atoms with E-state index in [1.807, 2.05) is 30.3 Å². The van der Waals surface area contributed by atoms with Crippen LogP contribution in [0.1, 0.15) is 19.4 Å². The summed E-state index contributed by atoms with van der Waals surface area (Å²) >= 11 is 0. The molecule has 0 aliphatic carbocycles. The fraction of sp³-hybridized carbons (Fsp3) is 0.207. The number of rotatable bonds is 8. The van der Waals surface area contributed by atoms with Crippen molar-refractivity contribution in [2.45, 2.75) is 25.9 Å². The number of benzene rings is 3. The number of anilines is 2. The molecule has 4 rings (SSSR count). The van der Waals surface area contributed by atoms with Crippen LogP contribution < -0.4 is 20.1 Å². The average Bonchev–Trinajstić information content (AvgIpc) is 3.10. The minimum atomic E-state index is -1.69. The Kier molecular flexibility index (Phi) is 7.29. The van der Waals surface area contributed by atoms with E-state index in [2.05, 4.69) is 10.6 Å². The first-order valence-corrected chi connectivity index (χ1v) is 11.8. The average molecular weight is 500 g/mol. The van der Waals surface area contributed by atoms with Crippen LogP contribution in [-0.4, -0.2) is 42.3 Å². The summed E-state index contributed by atoms with van der Waals surface area (Å²) in [6.07, 6.45) is 0. The lowest BCUT2D eigenvalue weighted by Crippen LogP contribution is -2.55. The Morgan fingerprint density at radius 1 is 0.811 bits per heavy atom. The van der Waals surface area contributed by atoms with Crippen molar-refractivity contribution in [1.29, 1.82) is 0 Å².